The number of hydrogen-bond donors (Lipinski definition) is 1. The Morgan fingerprint density at radius 2 is 1.77 bits per heavy atom. The lowest BCUT2D eigenvalue weighted by atomic mass is 10.0. The van der Waals surface area contributed by atoms with E-state index in [2.05, 4.69) is 10.5 Å². The third-order valence-corrected chi connectivity index (χ3v) is 6.96. The zero-order valence-corrected chi connectivity index (χ0v) is 22.1. The third-order valence-electron chi connectivity index (χ3n) is 6.96. The summed E-state index contributed by atoms with van der Waals surface area (Å²) in [6, 6.07) is 16.5. The van der Waals surface area contributed by atoms with Crippen LogP contribution in [0.25, 0.3) is 0 Å². The van der Waals surface area contributed by atoms with Crippen LogP contribution in [0.1, 0.15) is 40.2 Å². The van der Waals surface area contributed by atoms with Crippen LogP contribution in [-0.2, 0) is 27.4 Å². The summed E-state index contributed by atoms with van der Waals surface area (Å²) in [4.78, 5) is 41.9. The number of carbonyl (C=O) groups is 3. The molecular weight excluding hydrogens is 500 g/mol. The molecule has 3 aromatic rings. The van der Waals surface area contributed by atoms with Crippen molar-refractivity contribution in [2.45, 2.75) is 44.9 Å². The van der Waals surface area contributed by atoms with E-state index in [1.807, 2.05) is 48.5 Å². The Morgan fingerprint density at radius 3 is 2.51 bits per heavy atom. The van der Waals surface area contributed by atoms with Crippen LogP contribution >= 0.6 is 0 Å². The van der Waals surface area contributed by atoms with Crippen molar-refractivity contribution in [3.05, 3.63) is 77.2 Å². The Labute approximate surface area is 226 Å². The fourth-order valence-corrected chi connectivity index (χ4v) is 4.88. The highest BCUT2D eigenvalue weighted by Gasteiger charge is 2.34. The molecule has 0 unspecified atom stereocenters. The summed E-state index contributed by atoms with van der Waals surface area (Å²) in [7, 11) is 1.61. The average molecular weight is 533 g/mol. The maximum Gasteiger partial charge on any atom is 0.276 e. The van der Waals surface area contributed by atoms with E-state index in [1.165, 1.54) is 4.90 Å². The molecule has 2 aliphatic rings. The number of piperidine rings is 1. The monoisotopic (exact) mass is 532 g/mol. The van der Waals surface area contributed by atoms with Crippen molar-refractivity contribution in [2.75, 3.05) is 26.7 Å². The Kier molecular flexibility index (Phi) is 7.92. The standard InChI is InChI=1S/C29H32N4O6/c1-19-13-24(31-39-19)29(36)33-12-11-26-25(16-33)30-27(34)17-32(2)28(35)10-9-20-5-3-7-22(14-20)38-23-8-4-6-21(15-23)18-37-26/h3-8,13-15,25-26H,9-12,16-18H2,1-2H3,(H,30,34)/t25-,26+/m0/s1. The van der Waals surface area contributed by atoms with Gasteiger partial charge in [0, 0.05) is 32.6 Å². The van der Waals surface area contributed by atoms with E-state index in [4.69, 9.17) is 14.0 Å². The van der Waals surface area contributed by atoms with Crippen molar-refractivity contribution < 1.29 is 28.4 Å². The van der Waals surface area contributed by atoms with Crippen molar-refractivity contribution in [1.82, 2.24) is 20.3 Å². The highest BCUT2D eigenvalue weighted by Crippen LogP contribution is 2.25. The van der Waals surface area contributed by atoms with E-state index in [-0.39, 0.29) is 49.0 Å². The molecule has 3 heterocycles. The number of aryl methyl sites for hydroxylation is 2. The van der Waals surface area contributed by atoms with Crippen molar-refractivity contribution in [2.24, 2.45) is 0 Å². The average Bonchev–Trinajstić information content (AvgIpc) is 3.36. The molecule has 39 heavy (non-hydrogen) atoms. The predicted octanol–water partition coefficient (Wildman–Crippen LogP) is 3.10. The second-order valence-corrected chi connectivity index (χ2v) is 10.0. The molecule has 1 fully saturated rings. The molecule has 10 heteroatoms. The van der Waals surface area contributed by atoms with E-state index in [0.717, 1.165) is 11.1 Å². The summed E-state index contributed by atoms with van der Waals surface area (Å²) in [5.41, 5.74) is 2.12. The summed E-state index contributed by atoms with van der Waals surface area (Å²) in [6.07, 6.45) is 0.972. The summed E-state index contributed by atoms with van der Waals surface area (Å²) >= 11 is 0. The van der Waals surface area contributed by atoms with Crippen LogP contribution in [-0.4, -0.2) is 71.5 Å². The maximum atomic E-state index is 13.0. The lowest BCUT2D eigenvalue weighted by Crippen LogP contribution is -2.58. The molecule has 1 N–H and O–H groups in total. The van der Waals surface area contributed by atoms with E-state index in [1.54, 1.807) is 24.9 Å². The number of nitrogens with zero attached hydrogens (tertiary/aromatic N) is 3. The van der Waals surface area contributed by atoms with Crippen LogP contribution in [0.3, 0.4) is 0 Å². The summed E-state index contributed by atoms with van der Waals surface area (Å²) in [6.45, 7) is 2.63. The first-order valence-electron chi connectivity index (χ1n) is 13.1. The number of likely N-dealkylation sites (N-methyl/N-ethyl adjacent to an activating group) is 1. The van der Waals surface area contributed by atoms with Gasteiger partial charge in [0.15, 0.2) is 5.69 Å². The second-order valence-electron chi connectivity index (χ2n) is 10.0. The minimum Gasteiger partial charge on any atom is -0.457 e. The molecule has 5 rings (SSSR count). The molecule has 10 nitrogen and oxygen atoms in total. The summed E-state index contributed by atoms with van der Waals surface area (Å²) in [5, 5.41) is 6.85. The molecule has 1 aromatic heterocycles. The number of aromatic nitrogens is 1. The molecule has 4 bridgehead atoms. The van der Waals surface area contributed by atoms with Crippen LogP contribution in [0.15, 0.2) is 59.1 Å². The molecule has 0 aliphatic carbocycles. The number of hydrogen-bond acceptors (Lipinski definition) is 7. The molecule has 0 spiro atoms. The van der Waals surface area contributed by atoms with Gasteiger partial charge < -0.3 is 29.1 Å². The fraction of sp³-hybridized carbons (Fsp3) is 0.379. The largest absolute Gasteiger partial charge is 0.457 e. The zero-order valence-electron chi connectivity index (χ0n) is 22.1. The van der Waals surface area contributed by atoms with Crippen LogP contribution in [0.4, 0.5) is 0 Å². The molecule has 2 aromatic carbocycles. The molecular formula is C29H32N4O6. The summed E-state index contributed by atoms with van der Waals surface area (Å²) < 4.78 is 17.4. The maximum absolute atomic E-state index is 13.0. The SMILES string of the molecule is Cc1cc(C(=O)N2CC[C@H]3OCc4cccc(c4)Oc4cccc(c4)CCC(=O)N(C)CC(=O)N[C@H]3C2)no1. The minimum absolute atomic E-state index is 0.0936. The topological polar surface area (TPSA) is 114 Å². The van der Waals surface area contributed by atoms with Gasteiger partial charge in [0.1, 0.15) is 17.3 Å². The van der Waals surface area contributed by atoms with E-state index >= 15 is 0 Å². The first-order valence-corrected chi connectivity index (χ1v) is 13.1. The number of carbonyl (C=O) groups excluding carboxylic acids is 3. The Hall–Kier alpha value is -4.18. The number of ether oxygens (including phenoxy) is 2. The van der Waals surface area contributed by atoms with Crippen molar-refractivity contribution in [3.63, 3.8) is 0 Å². The number of rotatable bonds is 1. The van der Waals surface area contributed by atoms with Crippen LogP contribution in [0, 0.1) is 6.92 Å². The predicted molar refractivity (Wildman–Crippen MR) is 141 cm³/mol. The van der Waals surface area contributed by atoms with Gasteiger partial charge in [-0.25, -0.2) is 0 Å². The van der Waals surface area contributed by atoms with Gasteiger partial charge in [0.05, 0.1) is 25.3 Å². The number of likely N-dealkylation sites (tertiary alicyclic amines) is 1. The number of benzene rings is 2. The van der Waals surface area contributed by atoms with E-state index in [9.17, 15) is 14.4 Å². The van der Waals surface area contributed by atoms with Crippen molar-refractivity contribution in [3.8, 4) is 11.5 Å². The molecule has 0 radical (unpaired) electrons. The molecule has 1 saturated heterocycles. The Balaban J connectivity index is 1.37. The van der Waals surface area contributed by atoms with E-state index in [0.29, 0.717) is 43.3 Å². The van der Waals surface area contributed by atoms with E-state index < -0.39 is 6.04 Å². The third kappa shape index (κ3) is 6.64. The van der Waals surface area contributed by atoms with Crippen LogP contribution < -0.4 is 10.1 Å². The Bertz CT molecular complexity index is 1350. The molecule has 2 aliphatic heterocycles. The van der Waals surface area contributed by atoms with Gasteiger partial charge in [0.2, 0.25) is 11.8 Å². The smallest absolute Gasteiger partial charge is 0.276 e. The van der Waals surface area contributed by atoms with Crippen molar-refractivity contribution in [1.29, 1.82) is 0 Å². The highest BCUT2D eigenvalue weighted by molar-refractivity contribution is 5.92. The summed E-state index contributed by atoms with van der Waals surface area (Å²) in [5.74, 6) is 1.20. The number of fused-ring (bicyclic) bond motifs is 5. The van der Waals surface area contributed by atoms with Gasteiger partial charge in [-0.3, -0.25) is 14.4 Å². The quantitative estimate of drug-likeness (QED) is 0.512. The van der Waals surface area contributed by atoms with Gasteiger partial charge in [0.25, 0.3) is 5.91 Å². The molecule has 3 amide bonds. The second kappa shape index (κ2) is 11.7. The van der Waals surface area contributed by atoms with Gasteiger partial charge in [-0.15, -0.1) is 0 Å². The van der Waals surface area contributed by atoms with Gasteiger partial charge in [-0.2, -0.15) is 0 Å². The normalized spacial score (nSPS) is 20.8. The number of amides is 3. The van der Waals surface area contributed by atoms with Gasteiger partial charge in [-0.1, -0.05) is 29.4 Å². The van der Waals surface area contributed by atoms with Crippen LogP contribution in [0.5, 0.6) is 11.5 Å². The minimum atomic E-state index is -0.468. The van der Waals surface area contributed by atoms with Crippen molar-refractivity contribution >= 4 is 17.7 Å². The fourth-order valence-electron chi connectivity index (χ4n) is 4.88. The lowest BCUT2D eigenvalue weighted by Gasteiger charge is -2.38. The number of nitrogens with one attached hydrogen (secondary N) is 1. The molecule has 2 atom stereocenters. The first-order chi connectivity index (χ1) is 18.8. The highest BCUT2D eigenvalue weighted by atomic mass is 16.5. The van der Waals surface area contributed by atoms with Gasteiger partial charge in [-0.05, 0) is 55.2 Å². The molecule has 0 saturated carbocycles. The molecule has 204 valence electrons. The van der Waals surface area contributed by atoms with Gasteiger partial charge >= 0.3 is 0 Å². The lowest BCUT2D eigenvalue weighted by molar-refractivity contribution is -0.135. The zero-order chi connectivity index (χ0) is 27.4. The first kappa shape index (κ1) is 26.4. The Morgan fingerprint density at radius 1 is 1.03 bits per heavy atom. The van der Waals surface area contributed by atoms with Crippen LogP contribution in [0.2, 0.25) is 0 Å².